The lowest BCUT2D eigenvalue weighted by Crippen LogP contribution is -2.39. The lowest BCUT2D eigenvalue weighted by Gasteiger charge is -2.41. The van der Waals surface area contributed by atoms with Gasteiger partial charge in [0.15, 0.2) is 6.10 Å². The number of fused-ring (bicyclic) bond motifs is 1. The number of aryl methyl sites for hydroxylation is 2. The Morgan fingerprint density at radius 2 is 1.69 bits per heavy atom. The number of carboxylic acids is 1. The highest BCUT2D eigenvalue weighted by molar-refractivity contribution is 5.88. The number of halogens is 3. The van der Waals surface area contributed by atoms with E-state index in [4.69, 9.17) is 14.5 Å². The third-order valence-corrected chi connectivity index (χ3v) is 9.56. The molecule has 2 aliphatic heterocycles. The van der Waals surface area contributed by atoms with Gasteiger partial charge in [-0.15, -0.1) is 0 Å². The van der Waals surface area contributed by atoms with E-state index < -0.39 is 29.4 Å². The van der Waals surface area contributed by atoms with Gasteiger partial charge in [-0.05, 0) is 94.2 Å². The van der Waals surface area contributed by atoms with Gasteiger partial charge in [-0.2, -0.15) is 13.2 Å². The average Bonchev–Trinajstić information content (AvgIpc) is 2.98. The molecule has 0 spiro atoms. The number of hydrogen-bond acceptors (Lipinski definition) is 6. The zero-order valence-electron chi connectivity index (χ0n) is 29.3. The van der Waals surface area contributed by atoms with E-state index in [1.165, 1.54) is 19.2 Å². The summed E-state index contributed by atoms with van der Waals surface area (Å²) in [6.45, 7) is 17.1. The van der Waals surface area contributed by atoms with Crippen LogP contribution in [0.25, 0.3) is 11.1 Å². The largest absolute Gasteiger partial charge is 0.496 e. The minimum atomic E-state index is -4.43. The number of benzene rings is 2. The summed E-state index contributed by atoms with van der Waals surface area (Å²) in [6, 6.07) is 9.95. The summed E-state index contributed by atoms with van der Waals surface area (Å²) in [5, 5.41) is 10.5. The molecule has 5 rings (SSSR count). The maximum Gasteiger partial charge on any atom is 0.416 e. The average molecular weight is 668 g/mol. The van der Waals surface area contributed by atoms with Crippen molar-refractivity contribution in [3.63, 3.8) is 0 Å². The fraction of sp³-hybridized carbons (Fsp3) is 0.526. The highest BCUT2D eigenvalue weighted by Gasteiger charge is 2.37. The van der Waals surface area contributed by atoms with Crippen molar-refractivity contribution in [1.29, 1.82) is 0 Å². The fourth-order valence-electron chi connectivity index (χ4n) is 6.98. The molecule has 0 radical (unpaired) electrons. The van der Waals surface area contributed by atoms with Crippen molar-refractivity contribution < 1.29 is 32.5 Å². The first-order valence-corrected chi connectivity index (χ1v) is 16.6. The van der Waals surface area contributed by atoms with Gasteiger partial charge >= 0.3 is 12.1 Å². The number of hydrogen-bond donors (Lipinski definition) is 1. The lowest BCUT2D eigenvalue weighted by atomic mass is 9.81. The van der Waals surface area contributed by atoms with Gasteiger partial charge in [0.1, 0.15) is 5.75 Å². The number of aromatic nitrogens is 1. The number of nitrogens with zero attached hydrogens (tertiary/aromatic N) is 3. The van der Waals surface area contributed by atoms with Crippen LogP contribution in [0.2, 0.25) is 0 Å². The second-order valence-corrected chi connectivity index (χ2v) is 15.0. The van der Waals surface area contributed by atoms with Gasteiger partial charge in [0, 0.05) is 60.8 Å². The molecular weight excluding hydrogens is 619 g/mol. The minimum Gasteiger partial charge on any atom is -0.496 e. The Morgan fingerprint density at radius 3 is 2.29 bits per heavy atom. The van der Waals surface area contributed by atoms with Crippen molar-refractivity contribution in [2.24, 2.45) is 5.41 Å². The molecule has 7 nitrogen and oxygen atoms in total. The Hall–Kier alpha value is -3.63. The fourth-order valence-corrected chi connectivity index (χ4v) is 6.98. The summed E-state index contributed by atoms with van der Waals surface area (Å²) in [5.74, 6) is -0.614. The summed E-state index contributed by atoms with van der Waals surface area (Å²) in [5.41, 5.74) is 6.39. The van der Waals surface area contributed by atoms with E-state index >= 15 is 0 Å². The number of ether oxygens (including phenoxy) is 2. The van der Waals surface area contributed by atoms with Gasteiger partial charge in [-0.3, -0.25) is 9.88 Å². The Morgan fingerprint density at radius 1 is 1.00 bits per heavy atom. The first-order chi connectivity index (χ1) is 22.4. The lowest BCUT2D eigenvalue weighted by molar-refractivity contribution is -0.160. The third-order valence-electron chi connectivity index (χ3n) is 9.56. The normalized spacial score (nSPS) is 17.6. The highest BCUT2D eigenvalue weighted by atomic mass is 19.4. The van der Waals surface area contributed by atoms with E-state index in [0.29, 0.717) is 48.6 Å². The summed E-state index contributed by atoms with van der Waals surface area (Å²) in [4.78, 5) is 22.2. The maximum atomic E-state index is 13.5. The predicted octanol–water partition coefficient (Wildman–Crippen LogP) is 8.52. The van der Waals surface area contributed by atoms with Gasteiger partial charge in [0.05, 0.1) is 24.0 Å². The molecule has 0 bridgehead atoms. The van der Waals surface area contributed by atoms with Crippen LogP contribution in [0.5, 0.6) is 5.75 Å². The molecule has 0 amide bonds. The Labute approximate surface area is 282 Å². The molecule has 1 unspecified atom stereocenters. The van der Waals surface area contributed by atoms with Crippen molar-refractivity contribution >= 4 is 11.7 Å². The van der Waals surface area contributed by atoms with E-state index in [9.17, 15) is 23.1 Å². The maximum absolute atomic E-state index is 13.5. The molecule has 48 heavy (non-hydrogen) atoms. The number of carboxylic acid groups (broad SMARTS) is 1. The topological polar surface area (TPSA) is 75.1 Å². The van der Waals surface area contributed by atoms with Crippen molar-refractivity contribution in [3.05, 3.63) is 75.6 Å². The molecule has 3 aromatic rings. The monoisotopic (exact) mass is 667 g/mol. The zero-order chi connectivity index (χ0) is 35.2. The number of methoxy groups -OCH3 is 1. The SMILES string of the molecule is COc1ccc(C(F)(F)F)cc1CN1CCc2cc(-c3c(C)nc(C)c(C(OC(C)(C)C)C(=O)O)c3N3CCC(C)(C)CC3)ccc2C1. The van der Waals surface area contributed by atoms with Crippen LogP contribution in [0.4, 0.5) is 18.9 Å². The number of anilines is 1. The molecule has 260 valence electrons. The van der Waals surface area contributed by atoms with E-state index in [0.717, 1.165) is 65.6 Å². The van der Waals surface area contributed by atoms with Gasteiger partial charge in [0.25, 0.3) is 0 Å². The van der Waals surface area contributed by atoms with E-state index in [1.807, 2.05) is 34.6 Å². The van der Waals surface area contributed by atoms with E-state index in [-0.39, 0.29) is 5.41 Å². The second kappa shape index (κ2) is 13.3. The highest BCUT2D eigenvalue weighted by Crippen LogP contribution is 2.45. The van der Waals surface area contributed by atoms with Gasteiger partial charge in [-0.25, -0.2) is 4.79 Å². The minimum absolute atomic E-state index is 0.192. The van der Waals surface area contributed by atoms with Crippen LogP contribution in [0.3, 0.4) is 0 Å². The van der Waals surface area contributed by atoms with E-state index in [1.54, 1.807) is 0 Å². The molecule has 0 saturated carbocycles. The van der Waals surface area contributed by atoms with Crippen molar-refractivity contribution in [3.8, 4) is 16.9 Å². The molecule has 1 aromatic heterocycles. The van der Waals surface area contributed by atoms with Gasteiger partial charge in [-0.1, -0.05) is 32.0 Å². The number of carbonyl (C=O) groups is 1. The summed E-state index contributed by atoms with van der Waals surface area (Å²) in [7, 11) is 1.47. The van der Waals surface area contributed by atoms with Crippen LogP contribution in [0, 0.1) is 19.3 Å². The summed E-state index contributed by atoms with van der Waals surface area (Å²) in [6.07, 6.45) is -2.96. The molecule has 0 aliphatic carbocycles. The summed E-state index contributed by atoms with van der Waals surface area (Å²) < 4.78 is 52.0. The Kier molecular flexibility index (Phi) is 9.92. The Balaban J connectivity index is 1.54. The standard InChI is InChI=1S/C38H48F3N3O4/c1-23-31(33(44-17-14-37(6,7)15-18-44)32(24(2)42-23)34(35(45)46)48-36(3,4)5)26-9-10-27-21-43(16-13-25(27)19-26)22-28-20-29(38(39,40)41)11-12-30(28)47-8/h9-12,19-20,34H,13-18,21-22H2,1-8H3,(H,45,46). The van der Waals surface area contributed by atoms with Crippen LogP contribution >= 0.6 is 0 Å². The molecule has 1 saturated heterocycles. The molecular formula is C38H48F3N3O4. The number of aliphatic carboxylic acids is 1. The molecule has 2 aromatic carbocycles. The van der Waals surface area contributed by atoms with Crippen LogP contribution in [-0.4, -0.2) is 53.3 Å². The molecule has 1 N–H and O–H groups in total. The van der Waals surface area contributed by atoms with E-state index in [2.05, 4.69) is 41.8 Å². The van der Waals surface area contributed by atoms with Crippen molar-refractivity contribution in [2.75, 3.05) is 31.6 Å². The molecule has 2 aliphatic rings. The van der Waals surface area contributed by atoms with Crippen molar-refractivity contribution in [1.82, 2.24) is 9.88 Å². The molecule has 3 heterocycles. The quantitative estimate of drug-likeness (QED) is 0.258. The molecule has 10 heteroatoms. The van der Waals surface area contributed by atoms with Gasteiger partial charge < -0.3 is 19.5 Å². The van der Waals surface area contributed by atoms with Crippen LogP contribution in [0.1, 0.15) is 92.8 Å². The van der Waals surface area contributed by atoms with Crippen LogP contribution in [-0.2, 0) is 35.2 Å². The van der Waals surface area contributed by atoms with Crippen LogP contribution in [0.15, 0.2) is 36.4 Å². The first kappa shape index (κ1) is 35.7. The number of rotatable bonds is 8. The molecule has 1 fully saturated rings. The first-order valence-electron chi connectivity index (χ1n) is 16.6. The molecule has 1 atom stereocenters. The Bertz CT molecular complexity index is 1670. The third kappa shape index (κ3) is 7.81. The van der Waals surface area contributed by atoms with Gasteiger partial charge in [0.2, 0.25) is 0 Å². The zero-order valence-corrected chi connectivity index (χ0v) is 29.3. The number of pyridine rings is 1. The van der Waals surface area contributed by atoms with Crippen molar-refractivity contribution in [2.45, 2.75) is 98.7 Å². The van der Waals surface area contributed by atoms with Crippen LogP contribution < -0.4 is 9.64 Å². The predicted molar refractivity (Wildman–Crippen MR) is 181 cm³/mol. The second-order valence-electron chi connectivity index (χ2n) is 15.0. The number of alkyl halides is 3. The smallest absolute Gasteiger partial charge is 0.416 e. The summed E-state index contributed by atoms with van der Waals surface area (Å²) >= 11 is 0. The number of piperidine rings is 1.